The molecule has 0 fully saturated rings. The van der Waals surface area contributed by atoms with Gasteiger partial charge < -0.3 is 5.11 Å². The van der Waals surface area contributed by atoms with Gasteiger partial charge in [-0.3, -0.25) is 4.98 Å². The van der Waals surface area contributed by atoms with Gasteiger partial charge in [0.25, 0.3) is 0 Å². The fourth-order valence-electron chi connectivity index (χ4n) is 1.61. The van der Waals surface area contributed by atoms with E-state index in [1.54, 1.807) is 0 Å². The van der Waals surface area contributed by atoms with E-state index in [0.29, 0.717) is 0 Å². The molecule has 0 atom stereocenters. The maximum Gasteiger partial charge on any atom is 0.0687 e. The second-order valence-corrected chi connectivity index (χ2v) is 3.33. The summed E-state index contributed by atoms with van der Waals surface area (Å²) in [5.74, 6) is 0. The largest absolute Gasteiger partial charge is 0.392 e. The smallest absolute Gasteiger partial charge is 0.0687 e. The normalized spacial score (nSPS) is 10.7. The molecule has 2 heteroatoms. The summed E-state index contributed by atoms with van der Waals surface area (Å²) in [5, 5.41) is 11.4. The zero-order valence-electron chi connectivity index (χ0n) is 8.20. The number of aryl methyl sites for hydroxylation is 1. The first kappa shape index (κ1) is 9.16. The van der Waals surface area contributed by atoms with E-state index in [4.69, 9.17) is 0 Å². The number of fused-ring (bicyclic) bond motifs is 1. The van der Waals surface area contributed by atoms with Gasteiger partial charge in [0, 0.05) is 17.3 Å². The molecule has 0 radical (unpaired) electrons. The lowest BCUT2D eigenvalue weighted by Gasteiger charge is -2.04. The molecule has 2 aromatic rings. The summed E-state index contributed by atoms with van der Waals surface area (Å²) in [6.45, 7) is 2.17. The molecule has 1 heterocycles. The molecule has 0 aliphatic heterocycles. The average molecular weight is 187 g/mol. The first-order chi connectivity index (χ1) is 6.85. The highest BCUT2D eigenvalue weighted by Crippen LogP contribution is 2.19. The summed E-state index contributed by atoms with van der Waals surface area (Å²) in [6, 6.07) is 7.96. The van der Waals surface area contributed by atoms with E-state index in [1.807, 2.05) is 24.4 Å². The number of hydrogen-bond donors (Lipinski definition) is 1. The third-order valence-corrected chi connectivity index (χ3v) is 2.44. The molecular formula is C12H13NO. The van der Waals surface area contributed by atoms with Gasteiger partial charge in [-0.15, -0.1) is 0 Å². The molecule has 72 valence electrons. The lowest BCUT2D eigenvalue weighted by Crippen LogP contribution is -1.90. The lowest BCUT2D eigenvalue weighted by atomic mass is 10.1. The molecule has 0 aliphatic carbocycles. The van der Waals surface area contributed by atoms with E-state index >= 15 is 0 Å². The Morgan fingerprint density at radius 2 is 2.21 bits per heavy atom. The van der Waals surface area contributed by atoms with Crippen LogP contribution >= 0.6 is 0 Å². The molecule has 14 heavy (non-hydrogen) atoms. The topological polar surface area (TPSA) is 33.1 Å². The Morgan fingerprint density at radius 1 is 1.36 bits per heavy atom. The molecule has 0 unspecified atom stereocenters. The molecule has 0 aliphatic rings. The Balaban J connectivity index is 2.70. The molecule has 2 rings (SSSR count). The van der Waals surface area contributed by atoms with Gasteiger partial charge in [0.05, 0.1) is 6.61 Å². The fraction of sp³-hybridized carbons (Fsp3) is 0.250. The van der Waals surface area contributed by atoms with Gasteiger partial charge in [0.2, 0.25) is 0 Å². The second kappa shape index (κ2) is 3.76. The van der Waals surface area contributed by atoms with Crippen molar-refractivity contribution in [2.45, 2.75) is 20.0 Å². The van der Waals surface area contributed by atoms with Crippen LogP contribution < -0.4 is 0 Å². The average Bonchev–Trinajstić information content (AvgIpc) is 2.27. The van der Waals surface area contributed by atoms with Gasteiger partial charge >= 0.3 is 0 Å². The summed E-state index contributed by atoms with van der Waals surface area (Å²) in [7, 11) is 0. The van der Waals surface area contributed by atoms with Crippen LogP contribution in [-0.2, 0) is 13.0 Å². The maximum absolute atomic E-state index is 9.18. The summed E-state index contributed by atoms with van der Waals surface area (Å²) >= 11 is 0. The molecule has 0 spiro atoms. The number of nitrogens with zero attached hydrogens (tertiary/aromatic N) is 1. The van der Waals surface area contributed by atoms with Crippen molar-refractivity contribution < 1.29 is 5.11 Å². The van der Waals surface area contributed by atoms with Crippen LogP contribution in [0, 0.1) is 0 Å². The van der Waals surface area contributed by atoms with Gasteiger partial charge in [-0.2, -0.15) is 0 Å². The van der Waals surface area contributed by atoms with Crippen molar-refractivity contribution in [3.05, 3.63) is 41.7 Å². The van der Waals surface area contributed by atoms with Crippen molar-refractivity contribution in [3.63, 3.8) is 0 Å². The van der Waals surface area contributed by atoms with Crippen LogP contribution in [0.2, 0.25) is 0 Å². The number of aliphatic hydroxyl groups is 1. The third-order valence-electron chi connectivity index (χ3n) is 2.44. The summed E-state index contributed by atoms with van der Waals surface area (Å²) < 4.78 is 0. The number of aromatic nitrogens is 1. The lowest BCUT2D eigenvalue weighted by molar-refractivity contribution is 0.283. The highest BCUT2D eigenvalue weighted by atomic mass is 16.3. The molecule has 1 aromatic carbocycles. The van der Waals surface area contributed by atoms with Gasteiger partial charge in [-0.1, -0.05) is 25.1 Å². The van der Waals surface area contributed by atoms with Gasteiger partial charge in [0.1, 0.15) is 0 Å². The van der Waals surface area contributed by atoms with Crippen LogP contribution in [0.4, 0.5) is 0 Å². The zero-order chi connectivity index (χ0) is 9.97. The zero-order valence-corrected chi connectivity index (χ0v) is 8.20. The predicted molar refractivity (Wildman–Crippen MR) is 57.0 cm³/mol. The number of pyridine rings is 1. The molecule has 0 bridgehead atoms. The molecular weight excluding hydrogens is 174 g/mol. The first-order valence-corrected chi connectivity index (χ1v) is 4.82. The number of benzene rings is 1. The van der Waals surface area contributed by atoms with E-state index in [0.717, 1.165) is 28.5 Å². The van der Waals surface area contributed by atoms with Crippen molar-refractivity contribution in [2.24, 2.45) is 0 Å². The van der Waals surface area contributed by atoms with Crippen molar-refractivity contribution >= 4 is 10.8 Å². The van der Waals surface area contributed by atoms with Gasteiger partial charge in [-0.05, 0) is 23.4 Å². The fourth-order valence-corrected chi connectivity index (χ4v) is 1.61. The Hall–Kier alpha value is -1.41. The molecule has 0 saturated heterocycles. The summed E-state index contributed by atoms with van der Waals surface area (Å²) in [6.07, 6.45) is 2.79. The van der Waals surface area contributed by atoms with Gasteiger partial charge in [-0.25, -0.2) is 0 Å². The third kappa shape index (κ3) is 1.49. The van der Waals surface area contributed by atoms with Crippen LogP contribution in [0.5, 0.6) is 0 Å². The quantitative estimate of drug-likeness (QED) is 0.782. The Labute approximate surface area is 83.2 Å². The maximum atomic E-state index is 9.18. The standard InChI is InChI=1S/C12H13NO/c1-2-11-6-12-9(7-13-11)4-3-5-10(12)8-14/h3-7,14H,2,8H2,1H3. The van der Waals surface area contributed by atoms with E-state index in [-0.39, 0.29) is 6.61 Å². The summed E-state index contributed by atoms with van der Waals surface area (Å²) in [4.78, 5) is 4.32. The van der Waals surface area contributed by atoms with Crippen LogP contribution in [0.1, 0.15) is 18.2 Å². The van der Waals surface area contributed by atoms with Crippen molar-refractivity contribution in [2.75, 3.05) is 0 Å². The molecule has 0 saturated carbocycles. The number of hydrogen-bond acceptors (Lipinski definition) is 2. The van der Waals surface area contributed by atoms with Crippen LogP contribution in [0.25, 0.3) is 10.8 Å². The molecule has 0 amide bonds. The van der Waals surface area contributed by atoms with Gasteiger partial charge in [0.15, 0.2) is 0 Å². The van der Waals surface area contributed by atoms with E-state index < -0.39 is 0 Å². The highest BCUT2D eigenvalue weighted by Gasteiger charge is 2.00. The predicted octanol–water partition coefficient (Wildman–Crippen LogP) is 2.29. The number of rotatable bonds is 2. The van der Waals surface area contributed by atoms with Crippen molar-refractivity contribution in [1.82, 2.24) is 4.98 Å². The summed E-state index contributed by atoms with van der Waals surface area (Å²) in [5.41, 5.74) is 2.04. The Morgan fingerprint density at radius 3 is 2.93 bits per heavy atom. The SMILES string of the molecule is CCc1cc2c(CO)cccc2cn1. The van der Waals surface area contributed by atoms with Crippen LogP contribution in [-0.4, -0.2) is 10.1 Å². The minimum absolute atomic E-state index is 0.0878. The molecule has 1 N–H and O–H groups in total. The Kier molecular flexibility index (Phi) is 2.46. The van der Waals surface area contributed by atoms with E-state index in [2.05, 4.69) is 18.0 Å². The Bertz CT molecular complexity index is 451. The highest BCUT2D eigenvalue weighted by molar-refractivity contribution is 5.85. The minimum Gasteiger partial charge on any atom is -0.392 e. The van der Waals surface area contributed by atoms with Crippen molar-refractivity contribution in [3.8, 4) is 0 Å². The van der Waals surface area contributed by atoms with Crippen LogP contribution in [0.15, 0.2) is 30.5 Å². The molecule has 2 nitrogen and oxygen atoms in total. The molecule has 1 aromatic heterocycles. The van der Waals surface area contributed by atoms with Crippen LogP contribution in [0.3, 0.4) is 0 Å². The van der Waals surface area contributed by atoms with E-state index in [9.17, 15) is 5.11 Å². The second-order valence-electron chi connectivity index (χ2n) is 3.33. The monoisotopic (exact) mass is 187 g/mol. The van der Waals surface area contributed by atoms with E-state index in [1.165, 1.54) is 0 Å². The minimum atomic E-state index is 0.0878. The van der Waals surface area contributed by atoms with Crippen molar-refractivity contribution in [1.29, 1.82) is 0 Å². The number of aliphatic hydroxyl groups excluding tert-OH is 1. The first-order valence-electron chi connectivity index (χ1n) is 4.82.